The second-order valence-electron chi connectivity index (χ2n) is 5.34. The van der Waals surface area contributed by atoms with E-state index in [0.717, 1.165) is 19.3 Å². The highest BCUT2D eigenvalue weighted by Gasteiger charge is 2.45. The topological polar surface area (TPSA) is 85.4 Å². The van der Waals surface area contributed by atoms with E-state index in [1.165, 1.54) is 19.3 Å². The van der Waals surface area contributed by atoms with Crippen LogP contribution in [0.2, 0.25) is 0 Å². The normalized spacial score (nSPS) is 16.4. The first kappa shape index (κ1) is 14.3. The van der Waals surface area contributed by atoms with Crippen molar-refractivity contribution in [1.82, 2.24) is 0 Å². The number of rotatable bonds is 7. The fraction of sp³-hybridized carbons (Fsp3) is 0.571. The zero-order chi connectivity index (χ0) is 15.0. The van der Waals surface area contributed by atoms with Crippen molar-refractivity contribution >= 4 is 10.4 Å². The first-order valence-electron chi connectivity index (χ1n) is 7.27. The van der Waals surface area contributed by atoms with Crippen molar-refractivity contribution in [2.45, 2.75) is 51.9 Å². The summed E-state index contributed by atoms with van der Waals surface area (Å²) >= 11 is 0. The van der Waals surface area contributed by atoms with Crippen molar-refractivity contribution < 1.29 is 26.6 Å². The summed E-state index contributed by atoms with van der Waals surface area (Å²) in [5.41, 5.74) is 0.456. The molecule has 3 rings (SSSR count). The predicted molar refractivity (Wildman–Crippen MR) is 75.4 cm³/mol. The molecule has 0 spiro atoms. The Morgan fingerprint density at radius 2 is 1.57 bits per heavy atom. The second-order valence-corrected chi connectivity index (χ2v) is 6.49. The molecule has 2 aliphatic rings. The number of aromatic hydroxyl groups is 1. The Hall–Kier alpha value is -1.63. The molecule has 0 radical (unpaired) electrons. The van der Waals surface area contributed by atoms with Gasteiger partial charge < -0.3 is 18.2 Å². The van der Waals surface area contributed by atoms with Gasteiger partial charge in [-0.2, -0.15) is 0 Å². The van der Waals surface area contributed by atoms with Crippen molar-refractivity contribution in [3.05, 3.63) is 5.56 Å². The molecule has 0 saturated carbocycles. The van der Waals surface area contributed by atoms with E-state index >= 15 is 0 Å². The zero-order valence-corrected chi connectivity index (χ0v) is 12.7. The highest BCUT2D eigenvalue weighted by molar-refractivity contribution is 7.82. The lowest BCUT2D eigenvalue weighted by atomic mass is 10.0. The molecular formula is C14H18O6S. The number of unbranched alkanes of at least 4 members (excludes halogenated alkanes) is 5. The van der Waals surface area contributed by atoms with Gasteiger partial charge in [0.15, 0.2) is 5.75 Å². The number of phenolic OH excluding ortho intramolecular Hbond substituents is 1. The van der Waals surface area contributed by atoms with Gasteiger partial charge in [-0.3, -0.25) is 0 Å². The maximum absolute atomic E-state index is 11.4. The van der Waals surface area contributed by atoms with Crippen molar-refractivity contribution in [3.63, 3.8) is 0 Å². The third-order valence-electron chi connectivity index (χ3n) is 3.71. The van der Waals surface area contributed by atoms with Crippen molar-refractivity contribution in [2.75, 3.05) is 0 Å². The quantitative estimate of drug-likeness (QED) is 0.622. The Morgan fingerprint density at radius 1 is 0.905 bits per heavy atom. The van der Waals surface area contributed by atoms with Gasteiger partial charge in [0.1, 0.15) is 0 Å². The van der Waals surface area contributed by atoms with E-state index in [0.29, 0.717) is 17.7 Å². The summed E-state index contributed by atoms with van der Waals surface area (Å²) in [7, 11) is -4.07. The van der Waals surface area contributed by atoms with E-state index in [1.54, 1.807) is 0 Å². The molecule has 0 atom stereocenters. The number of ether oxygens (including phenoxy) is 1. The minimum Gasteiger partial charge on any atom is -0.504 e. The number of hydrogen-bond acceptors (Lipinski definition) is 6. The molecular weight excluding hydrogens is 296 g/mol. The van der Waals surface area contributed by atoms with Crippen LogP contribution in [0, 0.1) is 0 Å². The number of benzene rings is 1. The molecule has 116 valence electrons. The monoisotopic (exact) mass is 314 g/mol. The van der Waals surface area contributed by atoms with Crippen LogP contribution in [0.25, 0.3) is 0 Å². The van der Waals surface area contributed by atoms with Crippen LogP contribution in [0.1, 0.15) is 51.0 Å². The predicted octanol–water partition coefficient (Wildman–Crippen LogP) is 3.42. The number of fused-ring (bicyclic) bond motifs is 3. The van der Waals surface area contributed by atoms with E-state index in [4.69, 9.17) is 13.1 Å². The SMILES string of the molecule is CCCCCCCCc1c(O)c2c(c3c1OS(=O)(=O)O3)O2. The molecule has 0 bridgehead atoms. The number of hydrogen-bond donors (Lipinski definition) is 1. The van der Waals surface area contributed by atoms with E-state index < -0.39 is 10.4 Å². The minimum atomic E-state index is -4.07. The van der Waals surface area contributed by atoms with Crippen LogP contribution in [-0.2, 0) is 16.8 Å². The Labute approximate surface area is 124 Å². The van der Waals surface area contributed by atoms with Crippen LogP contribution in [0.4, 0.5) is 0 Å². The van der Waals surface area contributed by atoms with Crippen molar-refractivity contribution in [3.8, 4) is 28.7 Å². The van der Waals surface area contributed by atoms with Crippen molar-refractivity contribution in [2.24, 2.45) is 0 Å². The van der Waals surface area contributed by atoms with Gasteiger partial charge in [0, 0.05) is 5.56 Å². The average Bonchev–Trinajstić information content (AvgIpc) is 3.16. The van der Waals surface area contributed by atoms with Gasteiger partial charge in [-0.1, -0.05) is 39.0 Å². The standard InChI is InChI=1S/C14H18O6S/c1-2-3-4-5-6-7-8-9-10(15)12-13(18-12)14-11(9)19-21(16,17)20-14/h15H,2-8H2,1H3. The highest BCUT2D eigenvalue weighted by Crippen LogP contribution is 2.66. The molecule has 7 heteroatoms. The van der Waals surface area contributed by atoms with Gasteiger partial charge in [0.05, 0.1) is 0 Å². The van der Waals surface area contributed by atoms with Crippen LogP contribution in [-0.4, -0.2) is 13.5 Å². The maximum atomic E-state index is 11.4. The summed E-state index contributed by atoms with van der Waals surface area (Å²) in [4.78, 5) is 0. The van der Waals surface area contributed by atoms with Crippen LogP contribution < -0.4 is 13.1 Å². The van der Waals surface area contributed by atoms with E-state index in [2.05, 4.69) is 6.92 Å². The lowest BCUT2D eigenvalue weighted by Crippen LogP contribution is -2.08. The van der Waals surface area contributed by atoms with E-state index in [1.807, 2.05) is 0 Å². The van der Waals surface area contributed by atoms with Gasteiger partial charge in [-0.05, 0) is 12.8 Å². The van der Waals surface area contributed by atoms with E-state index in [-0.39, 0.29) is 23.0 Å². The van der Waals surface area contributed by atoms with Gasteiger partial charge in [-0.25, -0.2) is 0 Å². The summed E-state index contributed by atoms with van der Waals surface area (Å²) in [6.07, 6.45) is 7.17. The van der Waals surface area contributed by atoms with Crippen molar-refractivity contribution in [1.29, 1.82) is 0 Å². The van der Waals surface area contributed by atoms with Gasteiger partial charge in [-0.15, -0.1) is 8.42 Å². The van der Waals surface area contributed by atoms with Gasteiger partial charge >= 0.3 is 10.4 Å². The first-order valence-corrected chi connectivity index (χ1v) is 8.60. The molecule has 6 nitrogen and oxygen atoms in total. The molecule has 21 heavy (non-hydrogen) atoms. The van der Waals surface area contributed by atoms with Crippen LogP contribution in [0.15, 0.2) is 0 Å². The molecule has 1 aromatic rings. The van der Waals surface area contributed by atoms with Gasteiger partial charge in [0.2, 0.25) is 23.0 Å². The summed E-state index contributed by atoms with van der Waals surface area (Å²) in [5, 5.41) is 10.1. The summed E-state index contributed by atoms with van der Waals surface area (Å²) in [6, 6.07) is 0. The lowest BCUT2D eigenvalue weighted by molar-refractivity contribution is 0.427. The van der Waals surface area contributed by atoms with Crippen LogP contribution in [0.3, 0.4) is 0 Å². The minimum absolute atomic E-state index is 0.0296. The van der Waals surface area contributed by atoms with Crippen LogP contribution >= 0.6 is 0 Å². The molecule has 2 aliphatic heterocycles. The Kier molecular flexibility index (Phi) is 3.61. The fourth-order valence-electron chi connectivity index (χ4n) is 2.57. The first-order chi connectivity index (χ1) is 10.0. The average molecular weight is 314 g/mol. The lowest BCUT2D eigenvalue weighted by Gasteiger charge is -2.05. The van der Waals surface area contributed by atoms with E-state index in [9.17, 15) is 13.5 Å². The largest absolute Gasteiger partial charge is 0.504 e. The molecule has 1 N–H and O–H groups in total. The molecule has 0 unspecified atom stereocenters. The third kappa shape index (κ3) is 2.74. The Morgan fingerprint density at radius 3 is 2.33 bits per heavy atom. The molecule has 2 heterocycles. The Bertz CT molecular complexity index is 665. The van der Waals surface area contributed by atoms with Crippen LogP contribution in [0.5, 0.6) is 28.7 Å². The summed E-state index contributed by atoms with van der Waals surface area (Å²) < 4.78 is 37.4. The number of phenols is 1. The summed E-state index contributed by atoms with van der Waals surface area (Å²) in [6.45, 7) is 2.16. The molecule has 0 aliphatic carbocycles. The molecule has 0 saturated heterocycles. The Balaban J connectivity index is 1.70. The highest BCUT2D eigenvalue weighted by atomic mass is 32.3. The zero-order valence-electron chi connectivity index (χ0n) is 11.8. The smallest absolute Gasteiger partial charge is 0.501 e. The second kappa shape index (κ2) is 5.29. The molecule has 1 aromatic carbocycles. The maximum Gasteiger partial charge on any atom is 0.501 e. The fourth-order valence-corrected chi connectivity index (χ4v) is 3.34. The molecule has 0 aromatic heterocycles. The molecule has 0 fully saturated rings. The third-order valence-corrected chi connectivity index (χ3v) is 4.45. The molecule has 0 amide bonds. The van der Waals surface area contributed by atoms with Gasteiger partial charge in [0.25, 0.3) is 0 Å². The summed E-state index contributed by atoms with van der Waals surface area (Å²) in [5.74, 6) is 0.685.